The van der Waals surface area contributed by atoms with E-state index in [0.717, 1.165) is 12.8 Å². The average molecular weight is 351 g/mol. The Morgan fingerprint density at radius 3 is 1.40 bits per heavy atom. The Bertz CT molecular complexity index is 256. The first-order chi connectivity index (χ1) is 8.97. The quantitative estimate of drug-likeness (QED) is 0.351. The van der Waals surface area contributed by atoms with Gasteiger partial charge >= 0.3 is 0 Å². The molecule has 0 bridgehead atoms. The summed E-state index contributed by atoms with van der Waals surface area (Å²) in [5.41, 5.74) is 0. The van der Waals surface area contributed by atoms with Gasteiger partial charge in [-0.25, -0.2) is 8.42 Å². The summed E-state index contributed by atoms with van der Waals surface area (Å²) in [6.07, 6.45) is 11.4. The molecule has 0 fully saturated rings. The van der Waals surface area contributed by atoms with Crippen molar-refractivity contribution < 1.29 is 35.1 Å². The summed E-state index contributed by atoms with van der Waals surface area (Å²) in [5.74, 6) is -0.191. The maximum Gasteiger partial charge on any atom is 0.0945 e. The average Bonchev–Trinajstić information content (AvgIpc) is 2.31. The van der Waals surface area contributed by atoms with Gasteiger partial charge in [0.1, 0.15) is 0 Å². The first kappa shape index (κ1) is 25.3. The topological polar surface area (TPSA) is 77.4 Å². The molecule has 0 aromatic heterocycles. The van der Waals surface area contributed by atoms with Crippen LogP contribution >= 0.6 is 0 Å². The molecule has 0 rings (SSSR count). The number of aliphatic hydroxyl groups excluding tert-OH is 1. The standard InChI is InChI=1S/C12H26O3S.C2H6O.Fe/c1-2-3-4-5-6-7-8-9-10-11-12-16(13,14)15;1-2-3;/h2-12H2,1H3,(H,13,14,15);3H,2H2,1H3;/p-1. The Kier molecular flexibility index (Phi) is 24.6. The van der Waals surface area contributed by atoms with Gasteiger partial charge < -0.3 is 9.66 Å². The van der Waals surface area contributed by atoms with Gasteiger partial charge in [-0.1, -0.05) is 64.7 Å². The van der Waals surface area contributed by atoms with Crippen molar-refractivity contribution in [3.05, 3.63) is 0 Å². The maximum atomic E-state index is 10.3. The van der Waals surface area contributed by atoms with Gasteiger partial charge in [0.2, 0.25) is 0 Å². The molecule has 0 aliphatic rings. The van der Waals surface area contributed by atoms with Crippen LogP contribution in [0.5, 0.6) is 0 Å². The summed E-state index contributed by atoms with van der Waals surface area (Å²) >= 11 is 0. The van der Waals surface area contributed by atoms with Gasteiger partial charge in [0.25, 0.3) is 0 Å². The van der Waals surface area contributed by atoms with Gasteiger partial charge in [0.05, 0.1) is 10.1 Å². The van der Waals surface area contributed by atoms with Crippen molar-refractivity contribution in [3.63, 3.8) is 0 Å². The third-order valence-corrected chi connectivity index (χ3v) is 3.54. The molecule has 0 aliphatic carbocycles. The molecule has 0 aliphatic heterocycles. The summed E-state index contributed by atoms with van der Waals surface area (Å²) in [6, 6.07) is 0. The predicted octanol–water partition coefficient (Wildman–Crippen LogP) is 3.45. The fraction of sp³-hybridized carbons (Fsp3) is 1.00. The van der Waals surface area contributed by atoms with Gasteiger partial charge in [-0.3, -0.25) is 0 Å². The maximum absolute atomic E-state index is 10.3. The van der Waals surface area contributed by atoms with Gasteiger partial charge in [-0.2, -0.15) is 0 Å². The third-order valence-electron chi connectivity index (χ3n) is 2.75. The molecule has 0 aromatic rings. The van der Waals surface area contributed by atoms with E-state index in [1.165, 1.54) is 44.9 Å². The van der Waals surface area contributed by atoms with E-state index in [9.17, 15) is 13.0 Å². The Balaban J connectivity index is -0.000000657. The van der Waals surface area contributed by atoms with Crippen LogP contribution in [0.3, 0.4) is 0 Å². The van der Waals surface area contributed by atoms with Crippen molar-refractivity contribution >= 4 is 10.1 Å². The molecule has 6 heteroatoms. The van der Waals surface area contributed by atoms with Crippen LogP contribution in [0.2, 0.25) is 0 Å². The molecular weight excluding hydrogens is 320 g/mol. The van der Waals surface area contributed by atoms with Crippen LogP contribution < -0.4 is 0 Å². The predicted molar refractivity (Wildman–Crippen MR) is 79.2 cm³/mol. The largest absolute Gasteiger partial charge is 0.748 e. The first-order valence-electron chi connectivity index (χ1n) is 7.52. The summed E-state index contributed by atoms with van der Waals surface area (Å²) in [4.78, 5) is 0. The third kappa shape index (κ3) is 31.0. The monoisotopic (exact) mass is 351 g/mol. The molecule has 0 saturated carbocycles. The van der Waals surface area contributed by atoms with Crippen molar-refractivity contribution in [2.75, 3.05) is 12.4 Å². The molecule has 0 atom stereocenters. The number of hydrogen-bond donors (Lipinski definition) is 1. The molecule has 0 radical (unpaired) electrons. The van der Waals surface area contributed by atoms with E-state index in [2.05, 4.69) is 6.92 Å². The van der Waals surface area contributed by atoms with E-state index < -0.39 is 10.1 Å². The van der Waals surface area contributed by atoms with Crippen molar-refractivity contribution in [2.24, 2.45) is 0 Å². The van der Waals surface area contributed by atoms with Gasteiger partial charge in [-0.05, 0) is 13.3 Å². The molecule has 126 valence electrons. The van der Waals surface area contributed by atoms with Gasteiger partial charge in [0.15, 0.2) is 0 Å². The number of rotatable bonds is 11. The van der Waals surface area contributed by atoms with Crippen LogP contribution in [0.1, 0.15) is 78.1 Å². The minimum atomic E-state index is -3.98. The second-order valence-electron chi connectivity index (χ2n) is 4.76. The van der Waals surface area contributed by atoms with Crippen LogP contribution in [0, 0.1) is 0 Å². The molecule has 0 spiro atoms. The number of hydrogen-bond acceptors (Lipinski definition) is 4. The molecule has 0 unspecified atom stereocenters. The fourth-order valence-electron chi connectivity index (χ4n) is 1.77. The minimum Gasteiger partial charge on any atom is -0.748 e. The van der Waals surface area contributed by atoms with E-state index in [-0.39, 0.29) is 29.4 Å². The SMILES string of the molecule is CCCCCCCCCCCCS(=O)(=O)[O-].CCO.[Fe]. The zero-order valence-electron chi connectivity index (χ0n) is 12.9. The van der Waals surface area contributed by atoms with Crippen molar-refractivity contribution in [3.8, 4) is 0 Å². The molecule has 0 heterocycles. The van der Waals surface area contributed by atoms with E-state index in [1.54, 1.807) is 6.92 Å². The Morgan fingerprint density at radius 2 is 1.10 bits per heavy atom. The summed E-state index contributed by atoms with van der Waals surface area (Å²) in [5, 5.41) is 7.57. The Hall–Kier alpha value is 0.389. The summed E-state index contributed by atoms with van der Waals surface area (Å²) in [6.45, 7) is 4.14. The van der Waals surface area contributed by atoms with Crippen LogP contribution in [0.4, 0.5) is 0 Å². The minimum absolute atomic E-state index is 0. The second-order valence-corrected chi connectivity index (χ2v) is 6.28. The first-order valence-corrected chi connectivity index (χ1v) is 9.10. The van der Waals surface area contributed by atoms with Crippen LogP contribution in [-0.2, 0) is 27.2 Å². The van der Waals surface area contributed by atoms with E-state index >= 15 is 0 Å². The Labute approximate surface area is 136 Å². The van der Waals surface area contributed by atoms with E-state index in [1.807, 2.05) is 0 Å². The number of aliphatic hydroxyl groups is 1. The second kappa shape index (κ2) is 19.4. The molecule has 1 N–H and O–H groups in total. The number of unbranched alkanes of at least 4 members (excludes halogenated alkanes) is 9. The molecule has 0 amide bonds. The van der Waals surface area contributed by atoms with E-state index in [4.69, 9.17) is 5.11 Å². The summed E-state index contributed by atoms with van der Waals surface area (Å²) in [7, 11) is -3.98. The van der Waals surface area contributed by atoms with Crippen molar-refractivity contribution in [2.45, 2.75) is 78.1 Å². The van der Waals surface area contributed by atoms with Crippen LogP contribution in [0.15, 0.2) is 0 Å². The van der Waals surface area contributed by atoms with Crippen LogP contribution in [-0.4, -0.2) is 30.4 Å². The Morgan fingerprint density at radius 1 is 0.800 bits per heavy atom. The molecular formula is C14H31FeO4S-. The molecule has 4 nitrogen and oxygen atoms in total. The zero-order chi connectivity index (χ0) is 15.0. The zero-order valence-corrected chi connectivity index (χ0v) is 14.8. The summed E-state index contributed by atoms with van der Waals surface area (Å²) < 4.78 is 30.9. The van der Waals surface area contributed by atoms with Crippen molar-refractivity contribution in [1.29, 1.82) is 0 Å². The normalized spacial score (nSPS) is 10.4. The molecule has 20 heavy (non-hydrogen) atoms. The van der Waals surface area contributed by atoms with Crippen molar-refractivity contribution in [1.82, 2.24) is 0 Å². The fourth-order valence-corrected chi connectivity index (χ4v) is 2.32. The van der Waals surface area contributed by atoms with Crippen LogP contribution in [0.25, 0.3) is 0 Å². The van der Waals surface area contributed by atoms with Gasteiger partial charge in [0, 0.05) is 29.4 Å². The molecule has 0 aromatic carbocycles. The molecule has 0 saturated heterocycles. The van der Waals surface area contributed by atoms with E-state index in [0.29, 0.717) is 6.42 Å². The smallest absolute Gasteiger partial charge is 0.0945 e. The van der Waals surface area contributed by atoms with Gasteiger partial charge in [-0.15, -0.1) is 0 Å².